The predicted molar refractivity (Wildman–Crippen MR) is 184 cm³/mol. The highest BCUT2D eigenvalue weighted by Crippen LogP contribution is 2.38. The van der Waals surface area contributed by atoms with Crippen LogP contribution in [0.4, 0.5) is 11.4 Å². The van der Waals surface area contributed by atoms with Crippen LogP contribution in [0.15, 0.2) is 83.5 Å². The number of allylic oxidation sites excluding steroid dienone is 1. The van der Waals surface area contributed by atoms with Gasteiger partial charge in [-0.1, -0.05) is 18.2 Å². The van der Waals surface area contributed by atoms with Gasteiger partial charge in [0.2, 0.25) is 29.0 Å². The third kappa shape index (κ3) is 9.44. The van der Waals surface area contributed by atoms with Gasteiger partial charge < -0.3 is 45.2 Å². The number of fused-ring (bicyclic) bond motifs is 1. The number of anilines is 2. The van der Waals surface area contributed by atoms with E-state index in [0.717, 1.165) is 9.87 Å². The van der Waals surface area contributed by atoms with Crippen LogP contribution in [0.25, 0.3) is 0 Å². The molecule has 0 saturated heterocycles. The lowest BCUT2D eigenvalue weighted by atomic mass is 9.92. The topological polar surface area (TPSA) is 188 Å². The number of aliphatic hydroxyl groups excluding tert-OH is 1. The van der Waals surface area contributed by atoms with Gasteiger partial charge in [0.25, 0.3) is 5.91 Å². The third-order valence-corrected chi connectivity index (χ3v) is 10.1. The molecule has 0 aromatic heterocycles. The Morgan fingerprint density at radius 2 is 1.80 bits per heavy atom. The monoisotopic (exact) mass is 710 g/mol. The van der Waals surface area contributed by atoms with E-state index in [4.69, 9.17) is 29.4 Å². The molecule has 2 aliphatic heterocycles. The van der Waals surface area contributed by atoms with E-state index in [0.29, 0.717) is 54.4 Å². The maximum absolute atomic E-state index is 13.3. The van der Waals surface area contributed by atoms with E-state index in [1.807, 2.05) is 12.1 Å². The molecular formula is C35H42N4O10S. The molecule has 0 spiro atoms. The van der Waals surface area contributed by atoms with Crippen LogP contribution in [0.5, 0.6) is 17.2 Å². The van der Waals surface area contributed by atoms with Gasteiger partial charge in [-0.3, -0.25) is 9.59 Å². The number of carbonyl (C=O) groups excluding carboxylic acids is 2. The zero-order chi connectivity index (χ0) is 35.5. The average Bonchev–Trinajstić information content (AvgIpc) is 3.60. The lowest BCUT2D eigenvalue weighted by molar-refractivity contribution is -0.146. The number of ether oxygens (including phenoxy) is 5. The molecule has 2 atom stereocenters. The van der Waals surface area contributed by atoms with Gasteiger partial charge in [-0.25, -0.2) is 8.42 Å². The number of methoxy groups -OCH3 is 1. The molecule has 0 saturated carbocycles. The first-order chi connectivity index (χ1) is 24.2. The number of benzene rings is 3. The van der Waals surface area contributed by atoms with E-state index in [2.05, 4.69) is 10.6 Å². The first kappa shape index (κ1) is 36.5. The molecule has 2 aliphatic rings. The fourth-order valence-electron chi connectivity index (χ4n) is 5.46. The Kier molecular flexibility index (Phi) is 12.5. The van der Waals surface area contributed by atoms with Crippen molar-refractivity contribution < 1.29 is 46.8 Å². The second-order valence-corrected chi connectivity index (χ2v) is 13.5. The zero-order valence-corrected chi connectivity index (χ0v) is 28.5. The molecule has 0 fully saturated rings. The molecule has 0 radical (unpaired) electrons. The van der Waals surface area contributed by atoms with Crippen molar-refractivity contribution in [2.45, 2.75) is 42.8 Å². The molecule has 268 valence electrons. The van der Waals surface area contributed by atoms with Crippen LogP contribution < -0.4 is 30.6 Å². The third-order valence-electron chi connectivity index (χ3n) is 8.15. The second-order valence-electron chi connectivity index (χ2n) is 11.6. The molecule has 0 bridgehead atoms. The molecule has 3 aromatic rings. The van der Waals surface area contributed by atoms with Crippen molar-refractivity contribution in [1.29, 1.82) is 0 Å². The summed E-state index contributed by atoms with van der Waals surface area (Å²) in [6.45, 7) is -0.245. The van der Waals surface area contributed by atoms with Crippen LogP contribution in [0, 0.1) is 0 Å². The fourth-order valence-corrected chi connectivity index (χ4v) is 6.88. The van der Waals surface area contributed by atoms with Crippen LogP contribution >= 0.6 is 0 Å². The molecule has 50 heavy (non-hydrogen) atoms. The van der Waals surface area contributed by atoms with Crippen molar-refractivity contribution in [2.24, 2.45) is 0 Å². The number of nitrogens with zero attached hydrogens (tertiary/aromatic N) is 1. The first-order valence-electron chi connectivity index (χ1n) is 16.2. The van der Waals surface area contributed by atoms with E-state index in [1.165, 1.54) is 19.2 Å². The first-order valence-corrected chi connectivity index (χ1v) is 17.7. The van der Waals surface area contributed by atoms with Crippen molar-refractivity contribution in [1.82, 2.24) is 9.62 Å². The van der Waals surface area contributed by atoms with E-state index in [1.54, 1.807) is 48.5 Å². The van der Waals surface area contributed by atoms with Crippen molar-refractivity contribution in [3.05, 3.63) is 84.1 Å². The summed E-state index contributed by atoms with van der Waals surface area (Å²) in [7, 11) is -2.46. The number of unbranched alkanes of at least 4 members (excludes halogenated alkanes) is 1. The predicted octanol–water partition coefficient (Wildman–Crippen LogP) is 3.35. The zero-order valence-electron chi connectivity index (χ0n) is 27.7. The van der Waals surface area contributed by atoms with Crippen LogP contribution in [0.3, 0.4) is 0 Å². The Balaban J connectivity index is 1.19. The highest BCUT2D eigenvalue weighted by molar-refractivity contribution is 7.89. The van der Waals surface area contributed by atoms with Crippen LogP contribution in [0.2, 0.25) is 0 Å². The number of hydrogen-bond donors (Lipinski definition) is 4. The van der Waals surface area contributed by atoms with Crippen molar-refractivity contribution in [3.8, 4) is 17.2 Å². The largest absolute Gasteiger partial charge is 0.497 e. The van der Waals surface area contributed by atoms with Gasteiger partial charge in [0.05, 0.1) is 36.6 Å². The molecule has 15 heteroatoms. The SMILES string of the molecule is COc1ccc(S(=O)(=O)N(CCO)CCO[C@@H]2C[C@H](c3ccc4c(c3)OCO4)C=C(C(=O)NCCCCC(=O)Nc3ccccc3N)O2)cc1. The van der Waals surface area contributed by atoms with Gasteiger partial charge in [-0.05, 0) is 73.0 Å². The standard InChI is InChI=1S/C35H42N4O10S/c1-45-26-10-12-27(13-11-26)50(43,44)39(16-18-40)17-19-46-34-22-25(24-9-14-30-31(20-24)48-23-47-30)21-32(49-34)35(42)37-15-5-4-8-33(41)38-29-7-3-2-6-28(29)36/h2-3,6-7,9-14,20-21,25,34,40H,4-5,8,15-19,22-23,36H2,1H3,(H,37,42)(H,38,41)/t25-,34+/m1/s1. The normalized spacial score (nSPS) is 16.7. The number of amides is 2. The molecule has 2 amide bonds. The molecule has 0 unspecified atom stereocenters. The van der Waals surface area contributed by atoms with Gasteiger partial charge in [-0.15, -0.1) is 0 Å². The smallest absolute Gasteiger partial charge is 0.286 e. The quantitative estimate of drug-likeness (QED) is 0.119. The maximum Gasteiger partial charge on any atom is 0.286 e. The number of hydrogen-bond acceptors (Lipinski definition) is 11. The summed E-state index contributed by atoms with van der Waals surface area (Å²) in [5.74, 6) is 0.862. The Morgan fingerprint density at radius 1 is 1.02 bits per heavy atom. The highest BCUT2D eigenvalue weighted by Gasteiger charge is 2.31. The molecule has 14 nitrogen and oxygen atoms in total. The van der Waals surface area contributed by atoms with Gasteiger partial charge in [0.15, 0.2) is 17.3 Å². The van der Waals surface area contributed by atoms with E-state index in [-0.39, 0.29) is 62.0 Å². The Morgan fingerprint density at radius 3 is 2.56 bits per heavy atom. The number of sulfonamides is 1. The minimum absolute atomic E-state index is 0.0481. The van der Waals surface area contributed by atoms with Crippen LogP contribution in [0.1, 0.15) is 37.2 Å². The fraction of sp³-hybridized carbons (Fsp3) is 0.371. The Hall–Kier alpha value is -4.83. The highest BCUT2D eigenvalue weighted by atomic mass is 32.2. The van der Waals surface area contributed by atoms with Crippen LogP contribution in [-0.4, -0.2) is 82.7 Å². The lowest BCUT2D eigenvalue weighted by Gasteiger charge is -2.30. The average molecular weight is 711 g/mol. The van der Waals surface area contributed by atoms with Crippen molar-refractivity contribution >= 4 is 33.2 Å². The minimum Gasteiger partial charge on any atom is -0.497 e. The number of nitrogens with one attached hydrogen (secondary N) is 2. The summed E-state index contributed by atoms with van der Waals surface area (Å²) in [6.07, 6.45) is 2.51. The van der Waals surface area contributed by atoms with E-state index < -0.39 is 22.2 Å². The molecule has 3 aromatic carbocycles. The summed E-state index contributed by atoms with van der Waals surface area (Å²) in [5, 5.41) is 15.3. The lowest BCUT2D eigenvalue weighted by Crippen LogP contribution is -2.38. The van der Waals surface area contributed by atoms with E-state index >= 15 is 0 Å². The maximum atomic E-state index is 13.3. The van der Waals surface area contributed by atoms with E-state index in [9.17, 15) is 23.1 Å². The summed E-state index contributed by atoms with van der Waals surface area (Å²) in [4.78, 5) is 25.6. The number of para-hydroxylation sites is 2. The number of carbonyl (C=O) groups is 2. The summed E-state index contributed by atoms with van der Waals surface area (Å²) in [5.41, 5.74) is 7.78. The van der Waals surface area contributed by atoms with Crippen molar-refractivity contribution in [2.75, 3.05) is 57.8 Å². The second kappa shape index (κ2) is 17.2. The number of nitrogens with two attached hydrogens (primary N) is 1. The molecule has 2 heterocycles. The summed E-state index contributed by atoms with van der Waals surface area (Å²) >= 11 is 0. The Bertz CT molecular complexity index is 1770. The summed E-state index contributed by atoms with van der Waals surface area (Å²) < 4.78 is 55.9. The Labute approximate surface area is 291 Å². The number of nitrogen functional groups attached to an aromatic ring is 1. The molecular weight excluding hydrogens is 668 g/mol. The minimum atomic E-state index is -3.95. The molecule has 0 aliphatic carbocycles. The number of aliphatic hydroxyl groups is 1. The van der Waals surface area contributed by atoms with Crippen LogP contribution in [-0.2, 0) is 29.1 Å². The van der Waals surface area contributed by atoms with Gasteiger partial charge in [0.1, 0.15) is 5.75 Å². The summed E-state index contributed by atoms with van der Waals surface area (Å²) in [6, 6.07) is 18.5. The van der Waals surface area contributed by atoms with Gasteiger partial charge >= 0.3 is 0 Å². The van der Waals surface area contributed by atoms with Gasteiger partial charge in [-0.2, -0.15) is 4.31 Å². The number of rotatable bonds is 17. The molecule has 5 rings (SSSR count). The van der Waals surface area contributed by atoms with Crippen molar-refractivity contribution in [3.63, 3.8) is 0 Å². The molecule has 5 N–H and O–H groups in total. The van der Waals surface area contributed by atoms with Gasteiger partial charge in [0, 0.05) is 38.4 Å².